The van der Waals surface area contributed by atoms with Crippen LogP contribution in [0, 0.1) is 5.92 Å². The molecule has 114 valence electrons. The number of likely N-dealkylation sites (tertiary alicyclic amines) is 1. The van der Waals surface area contributed by atoms with Crippen molar-refractivity contribution in [2.45, 2.75) is 25.9 Å². The Balaban J connectivity index is 0.00000161. The summed E-state index contributed by atoms with van der Waals surface area (Å²) in [6.07, 6.45) is 2.95. The molecule has 1 aromatic heterocycles. The van der Waals surface area contributed by atoms with Crippen LogP contribution >= 0.6 is 12.4 Å². The number of hydrogen-bond donors (Lipinski definition) is 1. The molecule has 2 unspecified atom stereocenters. The third-order valence-corrected chi connectivity index (χ3v) is 4.06. The van der Waals surface area contributed by atoms with E-state index in [0.29, 0.717) is 17.9 Å². The number of halogens is 1. The van der Waals surface area contributed by atoms with Gasteiger partial charge >= 0.3 is 0 Å². The fourth-order valence-electron chi connectivity index (χ4n) is 2.91. The standard InChI is InChI=1S/C16H21N3O.ClH/c1-12-7-13(8-17)9-19(12)10-15-11-20-16(18-15)14-5-3-2-4-6-14;/h2-6,11-13H,7-10,17H2,1H3;1H. The second-order valence-electron chi connectivity index (χ2n) is 5.63. The van der Waals surface area contributed by atoms with Gasteiger partial charge in [0.05, 0.1) is 5.69 Å². The fraction of sp³-hybridized carbons (Fsp3) is 0.438. The second-order valence-corrected chi connectivity index (χ2v) is 5.63. The molecule has 0 saturated carbocycles. The molecular formula is C16H22ClN3O. The maximum absolute atomic E-state index is 5.77. The van der Waals surface area contributed by atoms with E-state index in [0.717, 1.165) is 30.9 Å². The molecule has 0 spiro atoms. The number of nitrogens with two attached hydrogens (primary N) is 1. The molecule has 1 aliphatic rings. The van der Waals surface area contributed by atoms with Gasteiger partial charge in [0.2, 0.25) is 5.89 Å². The Hall–Kier alpha value is -1.36. The molecular weight excluding hydrogens is 286 g/mol. The molecule has 1 fully saturated rings. The van der Waals surface area contributed by atoms with E-state index in [1.165, 1.54) is 6.42 Å². The third kappa shape index (κ3) is 3.64. The summed E-state index contributed by atoms with van der Waals surface area (Å²) in [4.78, 5) is 7.02. The van der Waals surface area contributed by atoms with Gasteiger partial charge in [-0.3, -0.25) is 4.90 Å². The maximum Gasteiger partial charge on any atom is 0.226 e. The predicted octanol–water partition coefficient (Wildman–Crippen LogP) is 2.93. The Morgan fingerprint density at radius 3 is 2.76 bits per heavy atom. The summed E-state index contributed by atoms with van der Waals surface area (Å²) in [6, 6.07) is 10.6. The van der Waals surface area contributed by atoms with Crippen molar-refractivity contribution in [2.75, 3.05) is 13.1 Å². The monoisotopic (exact) mass is 307 g/mol. The van der Waals surface area contributed by atoms with Crippen LogP contribution < -0.4 is 5.73 Å². The Kier molecular flexibility index (Phi) is 5.39. The van der Waals surface area contributed by atoms with E-state index in [1.807, 2.05) is 30.3 Å². The van der Waals surface area contributed by atoms with Crippen molar-refractivity contribution >= 4 is 12.4 Å². The van der Waals surface area contributed by atoms with Crippen LogP contribution in [0.2, 0.25) is 0 Å². The molecule has 3 rings (SSSR count). The number of rotatable bonds is 4. The lowest BCUT2D eigenvalue weighted by atomic mass is 10.1. The van der Waals surface area contributed by atoms with Crippen molar-refractivity contribution in [1.29, 1.82) is 0 Å². The highest BCUT2D eigenvalue weighted by Crippen LogP contribution is 2.25. The molecule has 1 saturated heterocycles. The smallest absolute Gasteiger partial charge is 0.226 e. The van der Waals surface area contributed by atoms with Crippen LogP contribution in [-0.2, 0) is 6.54 Å². The highest BCUT2D eigenvalue weighted by atomic mass is 35.5. The quantitative estimate of drug-likeness (QED) is 0.943. The molecule has 0 bridgehead atoms. The predicted molar refractivity (Wildman–Crippen MR) is 86.2 cm³/mol. The highest BCUT2D eigenvalue weighted by Gasteiger charge is 2.28. The van der Waals surface area contributed by atoms with Crippen molar-refractivity contribution < 1.29 is 4.42 Å². The Bertz CT molecular complexity index is 558. The first kappa shape index (κ1) is 16.0. The van der Waals surface area contributed by atoms with Crippen LogP contribution in [0.3, 0.4) is 0 Å². The summed E-state index contributed by atoms with van der Waals surface area (Å²) in [5.41, 5.74) is 7.79. The van der Waals surface area contributed by atoms with Gasteiger partial charge in [0.25, 0.3) is 0 Å². The van der Waals surface area contributed by atoms with Gasteiger partial charge in [0, 0.05) is 24.7 Å². The highest BCUT2D eigenvalue weighted by molar-refractivity contribution is 5.85. The average Bonchev–Trinajstić information content (AvgIpc) is 3.08. The molecule has 21 heavy (non-hydrogen) atoms. The minimum Gasteiger partial charge on any atom is -0.444 e. The third-order valence-electron chi connectivity index (χ3n) is 4.06. The molecule has 1 aliphatic heterocycles. The van der Waals surface area contributed by atoms with E-state index in [-0.39, 0.29) is 12.4 Å². The summed E-state index contributed by atoms with van der Waals surface area (Å²) in [5.74, 6) is 1.31. The van der Waals surface area contributed by atoms with Crippen LogP contribution in [0.25, 0.3) is 11.5 Å². The molecule has 0 radical (unpaired) electrons. The van der Waals surface area contributed by atoms with E-state index in [9.17, 15) is 0 Å². The van der Waals surface area contributed by atoms with E-state index >= 15 is 0 Å². The van der Waals surface area contributed by atoms with Crippen molar-refractivity contribution in [2.24, 2.45) is 11.7 Å². The molecule has 0 amide bonds. The van der Waals surface area contributed by atoms with Crippen LogP contribution in [0.15, 0.2) is 41.0 Å². The molecule has 2 atom stereocenters. The topological polar surface area (TPSA) is 55.3 Å². The van der Waals surface area contributed by atoms with Gasteiger partial charge in [-0.25, -0.2) is 4.98 Å². The zero-order chi connectivity index (χ0) is 13.9. The van der Waals surface area contributed by atoms with E-state index in [2.05, 4.69) is 16.8 Å². The summed E-state index contributed by atoms with van der Waals surface area (Å²) in [6.45, 7) is 4.93. The van der Waals surface area contributed by atoms with Crippen LogP contribution in [-0.4, -0.2) is 29.0 Å². The molecule has 1 aromatic carbocycles. The van der Waals surface area contributed by atoms with Crippen molar-refractivity contribution in [1.82, 2.24) is 9.88 Å². The van der Waals surface area contributed by atoms with Crippen molar-refractivity contribution in [3.8, 4) is 11.5 Å². The summed E-state index contributed by atoms with van der Waals surface area (Å²) in [5, 5.41) is 0. The van der Waals surface area contributed by atoms with Gasteiger partial charge in [-0.1, -0.05) is 18.2 Å². The van der Waals surface area contributed by atoms with E-state index in [1.54, 1.807) is 6.26 Å². The maximum atomic E-state index is 5.77. The Labute approximate surface area is 131 Å². The number of nitrogens with zero attached hydrogens (tertiary/aromatic N) is 2. The minimum atomic E-state index is 0. The van der Waals surface area contributed by atoms with Crippen LogP contribution in [0.4, 0.5) is 0 Å². The largest absolute Gasteiger partial charge is 0.444 e. The van der Waals surface area contributed by atoms with Gasteiger partial charge in [0.1, 0.15) is 6.26 Å². The number of oxazole rings is 1. The summed E-state index contributed by atoms with van der Waals surface area (Å²) < 4.78 is 5.59. The first-order valence-corrected chi connectivity index (χ1v) is 7.20. The average molecular weight is 308 g/mol. The van der Waals surface area contributed by atoms with Crippen LogP contribution in [0.1, 0.15) is 19.0 Å². The van der Waals surface area contributed by atoms with Gasteiger partial charge < -0.3 is 10.2 Å². The molecule has 2 heterocycles. The first-order chi connectivity index (χ1) is 9.76. The minimum absolute atomic E-state index is 0. The van der Waals surface area contributed by atoms with Crippen molar-refractivity contribution in [3.05, 3.63) is 42.3 Å². The zero-order valence-corrected chi connectivity index (χ0v) is 13.1. The summed E-state index contributed by atoms with van der Waals surface area (Å²) in [7, 11) is 0. The number of benzene rings is 1. The van der Waals surface area contributed by atoms with Crippen molar-refractivity contribution in [3.63, 3.8) is 0 Å². The lowest BCUT2D eigenvalue weighted by Gasteiger charge is -2.19. The first-order valence-electron chi connectivity index (χ1n) is 7.20. The number of aromatic nitrogens is 1. The lowest BCUT2D eigenvalue weighted by Crippen LogP contribution is -2.27. The summed E-state index contributed by atoms with van der Waals surface area (Å²) >= 11 is 0. The second kappa shape index (κ2) is 7.07. The van der Waals surface area contributed by atoms with Gasteiger partial charge in [-0.2, -0.15) is 0 Å². The van der Waals surface area contributed by atoms with Gasteiger partial charge in [-0.15, -0.1) is 12.4 Å². The van der Waals surface area contributed by atoms with E-state index < -0.39 is 0 Å². The molecule has 5 heteroatoms. The fourth-order valence-corrected chi connectivity index (χ4v) is 2.91. The molecule has 0 aliphatic carbocycles. The normalized spacial score (nSPS) is 22.2. The Morgan fingerprint density at radius 1 is 1.33 bits per heavy atom. The lowest BCUT2D eigenvalue weighted by molar-refractivity contribution is 0.252. The Morgan fingerprint density at radius 2 is 2.10 bits per heavy atom. The zero-order valence-electron chi connectivity index (χ0n) is 12.2. The molecule has 2 N–H and O–H groups in total. The SMILES string of the molecule is CC1CC(CN)CN1Cc1coc(-c2ccccc2)n1.Cl. The van der Waals surface area contributed by atoms with Gasteiger partial charge in [0.15, 0.2) is 0 Å². The van der Waals surface area contributed by atoms with Gasteiger partial charge in [-0.05, 0) is 37.9 Å². The van der Waals surface area contributed by atoms with E-state index in [4.69, 9.17) is 10.2 Å². The molecule has 2 aromatic rings. The molecule has 4 nitrogen and oxygen atoms in total. The van der Waals surface area contributed by atoms with Crippen LogP contribution in [0.5, 0.6) is 0 Å². The number of hydrogen-bond acceptors (Lipinski definition) is 4.